The highest BCUT2D eigenvalue weighted by Gasteiger charge is 2.34. The highest BCUT2D eigenvalue weighted by atomic mass is 35.5. The van der Waals surface area contributed by atoms with Crippen molar-refractivity contribution >= 4 is 41.8 Å². The van der Waals surface area contributed by atoms with Gasteiger partial charge in [-0.3, -0.25) is 4.79 Å². The largest absolute Gasteiger partial charge is 0.346 e. The van der Waals surface area contributed by atoms with E-state index in [2.05, 4.69) is 34.4 Å². The van der Waals surface area contributed by atoms with Crippen LogP contribution in [0.3, 0.4) is 0 Å². The first-order valence-electron chi connectivity index (χ1n) is 9.58. The molecule has 7 heteroatoms. The number of piperidine rings is 1. The minimum absolute atomic E-state index is 0. The molecule has 0 spiro atoms. The van der Waals surface area contributed by atoms with Gasteiger partial charge in [-0.2, -0.15) is 0 Å². The lowest BCUT2D eigenvalue weighted by Crippen LogP contribution is -2.40. The van der Waals surface area contributed by atoms with Gasteiger partial charge in [-0.05, 0) is 49.7 Å². The molecule has 2 bridgehead atoms. The van der Waals surface area contributed by atoms with E-state index in [9.17, 15) is 4.79 Å². The number of para-hydroxylation sites is 2. The number of carbonyl (C=O) groups is 1. The Morgan fingerprint density at radius 2 is 1.85 bits per heavy atom. The Labute approximate surface area is 173 Å². The first-order chi connectivity index (χ1) is 12.1. The van der Waals surface area contributed by atoms with Crippen molar-refractivity contribution < 1.29 is 4.79 Å². The zero-order chi connectivity index (χ0) is 17.4. The van der Waals surface area contributed by atoms with E-state index in [1.807, 2.05) is 24.3 Å². The number of aromatic amines is 1. The van der Waals surface area contributed by atoms with Crippen LogP contribution >= 0.6 is 24.8 Å². The predicted molar refractivity (Wildman–Crippen MR) is 114 cm³/mol. The summed E-state index contributed by atoms with van der Waals surface area (Å²) in [5.74, 6) is 1.82. The maximum atomic E-state index is 12.7. The van der Waals surface area contributed by atoms with Crippen molar-refractivity contribution in [3.63, 3.8) is 0 Å². The molecule has 3 unspecified atom stereocenters. The van der Waals surface area contributed by atoms with Gasteiger partial charge in [0.1, 0.15) is 5.82 Å². The molecule has 0 saturated carbocycles. The highest BCUT2D eigenvalue weighted by Crippen LogP contribution is 2.33. The summed E-state index contributed by atoms with van der Waals surface area (Å²) >= 11 is 0. The Hall–Kier alpha value is -1.30. The van der Waals surface area contributed by atoms with E-state index >= 15 is 0 Å². The number of benzene rings is 1. The summed E-state index contributed by atoms with van der Waals surface area (Å²) in [6.07, 6.45) is 5.46. The maximum absolute atomic E-state index is 12.7. The summed E-state index contributed by atoms with van der Waals surface area (Å²) in [5, 5.41) is 6.88. The molecule has 3 N–H and O–H groups in total. The van der Waals surface area contributed by atoms with E-state index in [0.717, 1.165) is 29.7 Å². The Bertz CT molecular complexity index is 718. The SMILES string of the molecule is CC(C)C(NC(=O)CC1CC2CCC(C1)N2)c1nc2ccccc2[nH]1.Cl.Cl. The van der Waals surface area contributed by atoms with Crippen molar-refractivity contribution in [1.82, 2.24) is 20.6 Å². The number of amides is 1. The van der Waals surface area contributed by atoms with Crippen molar-refractivity contribution in [1.29, 1.82) is 0 Å². The highest BCUT2D eigenvalue weighted by molar-refractivity contribution is 5.85. The van der Waals surface area contributed by atoms with Crippen LogP contribution in [0.2, 0.25) is 0 Å². The van der Waals surface area contributed by atoms with Crippen LogP contribution in [0.4, 0.5) is 0 Å². The lowest BCUT2D eigenvalue weighted by atomic mass is 9.89. The van der Waals surface area contributed by atoms with Gasteiger partial charge in [-0.15, -0.1) is 24.8 Å². The quantitative estimate of drug-likeness (QED) is 0.690. The Kier molecular flexibility index (Phi) is 7.55. The number of rotatable bonds is 5. The number of fused-ring (bicyclic) bond motifs is 3. The second-order valence-corrected chi connectivity index (χ2v) is 8.11. The molecule has 0 aliphatic carbocycles. The second kappa shape index (κ2) is 9.26. The molecule has 2 aliphatic heterocycles. The average Bonchev–Trinajstić information content (AvgIpc) is 3.15. The fourth-order valence-corrected chi connectivity index (χ4v) is 4.51. The van der Waals surface area contributed by atoms with Crippen LogP contribution in [-0.2, 0) is 4.79 Å². The van der Waals surface area contributed by atoms with E-state index in [1.165, 1.54) is 12.8 Å². The Morgan fingerprint density at radius 3 is 2.48 bits per heavy atom. The summed E-state index contributed by atoms with van der Waals surface area (Å²) in [5.41, 5.74) is 1.97. The molecule has 2 aliphatic rings. The predicted octanol–water partition coefficient (Wildman–Crippen LogP) is 4.14. The van der Waals surface area contributed by atoms with Crippen molar-refractivity contribution in [3.8, 4) is 0 Å². The molecule has 1 aromatic heterocycles. The van der Waals surface area contributed by atoms with E-state index in [0.29, 0.717) is 24.4 Å². The van der Waals surface area contributed by atoms with Crippen LogP contribution in [0.15, 0.2) is 24.3 Å². The molecule has 3 atom stereocenters. The molecule has 5 nitrogen and oxygen atoms in total. The van der Waals surface area contributed by atoms with Gasteiger partial charge in [-0.25, -0.2) is 4.98 Å². The number of halogens is 2. The third-order valence-electron chi connectivity index (χ3n) is 5.73. The summed E-state index contributed by atoms with van der Waals surface area (Å²) < 4.78 is 0. The van der Waals surface area contributed by atoms with Gasteiger partial charge in [-0.1, -0.05) is 26.0 Å². The zero-order valence-corrected chi connectivity index (χ0v) is 17.5. The van der Waals surface area contributed by atoms with Crippen LogP contribution in [0.1, 0.15) is 57.8 Å². The molecule has 4 rings (SSSR count). The van der Waals surface area contributed by atoms with Crippen LogP contribution in [0.25, 0.3) is 11.0 Å². The molecule has 1 amide bonds. The first-order valence-corrected chi connectivity index (χ1v) is 9.58. The molecule has 0 radical (unpaired) electrons. The van der Waals surface area contributed by atoms with Crippen LogP contribution in [0.5, 0.6) is 0 Å². The number of carbonyl (C=O) groups excluding carboxylic acids is 1. The molecule has 2 saturated heterocycles. The third-order valence-corrected chi connectivity index (χ3v) is 5.73. The lowest BCUT2D eigenvalue weighted by Gasteiger charge is -2.29. The molecule has 1 aromatic carbocycles. The van der Waals surface area contributed by atoms with E-state index in [1.54, 1.807) is 0 Å². The minimum Gasteiger partial charge on any atom is -0.346 e. The summed E-state index contributed by atoms with van der Waals surface area (Å²) in [6, 6.07) is 9.20. The standard InChI is InChI=1S/C20H28N4O.2ClH/c1-12(2)19(20-22-16-5-3-4-6-17(16)23-20)24-18(25)11-13-9-14-7-8-15(10-13)21-14;;/h3-6,12-15,19,21H,7-11H2,1-2H3,(H,22,23)(H,24,25);2*1H. The minimum atomic E-state index is -0.0710. The van der Waals surface area contributed by atoms with Crippen molar-refractivity contribution in [2.24, 2.45) is 11.8 Å². The number of aromatic nitrogens is 2. The fraction of sp³-hybridized carbons (Fsp3) is 0.600. The molecular formula is C20H30Cl2N4O. The van der Waals surface area contributed by atoms with Gasteiger partial charge in [0.2, 0.25) is 5.91 Å². The summed E-state index contributed by atoms with van der Waals surface area (Å²) in [6.45, 7) is 4.26. The van der Waals surface area contributed by atoms with Gasteiger partial charge in [0.15, 0.2) is 0 Å². The van der Waals surface area contributed by atoms with Crippen LogP contribution in [0, 0.1) is 11.8 Å². The molecule has 150 valence electrons. The zero-order valence-electron chi connectivity index (χ0n) is 15.9. The van der Waals surface area contributed by atoms with Gasteiger partial charge in [0.05, 0.1) is 17.1 Å². The number of imidazole rings is 1. The van der Waals surface area contributed by atoms with Gasteiger partial charge in [0.25, 0.3) is 0 Å². The normalized spacial score (nSPS) is 24.9. The van der Waals surface area contributed by atoms with Gasteiger partial charge >= 0.3 is 0 Å². The van der Waals surface area contributed by atoms with Gasteiger partial charge in [0, 0.05) is 18.5 Å². The monoisotopic (exact) mass is 412 g/mol. The summed E-state index contributed by atoms with van der Waals surface area (Å²) in [7, 11) is 0. The van der Waals surface area contributed by atoms with Crippen LogP contribution in [-0.4, -0.2) is 28.0 Å². The van der Waals surface area contributed by atoms with E-state index < -0.39 is 0 Å². The first kappa shape index (κ1) is 22.0. The summed E-state index contributed by atoms with van der Waals surface area (Å²) in [4.78, 5) is 20.7. The molecule has 2 aromatic rings. The fourth-order valence-electron chi connectivity index (χ4n) is 4.51. The van der Waals surface area contributed by atoms with Crippen molar-refractivity contribution in [2.45, 2.75) is 64.1 Å². The van der Waals surface area contributed by atoms with Crippen molar-refractivity contribution in [2.75, 3.05) is 0 Å². The van der Waals surface area contributed by atoms with E-state index in [-0.39, 0.29) is 42.7 Å². The second-order valence-electron chi connectivity index (χ2n) is 8.11. The number of H-pyrrole nitrogens is 1. The number of hydrogen-bond donors (Lipinski definition) is 3. The number of nitrogens with zero attached hydrogens (tertiary/aromatic N) is 1. The Balaban J connectivity index is 0.00000131. The number of hydrogen-bond acceptors (Lipinski definition) is 3. The lowest BCUT2D eigenvalue weighted by molar-refractivity contribution is -0.123. The molecule has 27 heavy (non-hydrogen) atoms. The van der Waals surface area contributed by atoms with Crippen LogP contribution < -0.4 is 10.6 Å². The molecule has 2 fully saturated rings. The average molecular weight is 413 g/mol. The molecule has 3 heterocycles. The smallest absolute Gasteiger partial charge is 0.220 e. The number of nitrogens with one attached hydrogen (secondary N) is 3. The maximum Gasteiger partial charge on any atom is 0.220 e. The van der Waals surface area contributed by atoms with Crippen molar-refractivity contribution in [3.05, 3.63) is 30.1 Å². The molecular weight excluding hydrogens is 383 g/mol. The Morgan fingerprint density at radius 1 is 1.19 bits per heavy atom. The van der Waals surface area contributed by atoms with Gasteiger partial charge < -0.3 is 15.6 Å². The van der Waals surface area contributed by atoms with E-state index in [4.69, 9.17) is 0 Å². The third kappa shape index (κ3) is 4.95. The topological polar surface area (TPSA) is 69.8 Å².